The van der Waals surface area contributed by atoms with Gasteiger partial charge in [0.25, 0.3) is 0 Å². The van der Waals surface area contributed by atoms with E-state index in [1.54, 1.807) is 11.3 Å². The van der Waals surface area contributed by atoms with Gasteiger partial charge in [-0.15, -0.1) is 11.3 Å². The number of benzene rings is 1. The van der Waals surface area contributed by atoms with Crippen molar-refractivity contribution in [2.75, 3.05) is 25.0 Å². The van der Waals surface area contributed by atoms with Crippen LogP contribution in [0.15, 0.2) is 29.6 Å². The van der Waals surface area contributed by atoms with Gasteiger partial charge in [0.15, 0.2) is 0 Å². The number of nitrogens with zero attached hydrogens (tertiary/aromatic N) is 1. The molecule has 2 N–H and O–H groups in total. The van der Waals surface area contributed by atoms with E-state index in [0.717, 1.165) is 54.3 Å². The predicted molar refractivity (Wildman–Crippen MR) is 97.5 cm³/mol. The van der Waals surface area contributed by atoms with Crippen molar-refractivity contribution in [3.8, 4) is 10.6 Å². The van der Waals surface area contributed by atoms with Crippen LogP contribution in [0.5, 0.6) is 0 Å². The maximum absolute atomic E-state index is 12.1. The number of thiazole rings is 1. The lowest BCUT2D eigenvalue weighted by Gasteiger charge is -2.22. The van der Waals surface area contributed by atoms with Crippen molar-refractivity contribution < 1.29 is 9.53 Å². The average Bonchev–Trinajstić information content (AvgIpc) is 3.10. The number of piperidine rings is 1. The number of para-hydroxylation sites is 1. The van der Waals surface area contributed by atoms with Crippen LogP contribution in [-0.2, 0) is 11.2 Å². The van der Waals surface area contributed by atoms with Gasteiger partial charge >= 0.3 is 6.09 Å². The molecule has 0 aliphatic carbocycles. The van der Waals surface area contributed by atoms with Gasteiger partial charge < -0.3 is 10.1 Å². The van der Waals surface area contributed by atoms with Gasteiger partial charge in [0.1, 0.15) is 5.01 Å². The summed E-state index contributed by atoms with van der Waals surface area (Å²) in [6, 6.07) is 7.71. The first-order chi connectivity index (χ1) is 11.8. The minimum atomic E-state index is -0.395. The summed E-state index contributed by atoms with van der Waals surface area (Å²) < 4.78 is 5.41. The number of anilines is 1. The molecule has 1 saturated heterocycles. The summed E-state index contributed by atoms with van der Waals surface area (Å²) in [5.74, 6) is 0.457. The van der Waals surface area contributed by atoms with E-state index in [9.17, 15) is 4.79 Å². The van der Waals surface area contributed by atoms with Gasteiger partial charge in [0, 0.05) is 10.9 Å². The zero-order chi connectivity index (χ0) is 16.8. The maximum Gasteiger partial charge on any atom is 0.411 e. The highest BCUT2D eigenvalue weighted by Crippen LogP contribution is 2.30. The molecule has 1 aliphatic rings. The molecule has 128 valence electrons. The smallest absolute Gasteiger partial charge is 0.411 e. The van der Waals surface area contributed by atoms with E-state index in [4.69, 9.17) is 4.74 Å². The Morgan fingerprint density at radius 2 is 2.17 bits per heavy atom. The van der Waals surface area contributed by atoms with Crippen LogP contribution in [-0.4, -0.2) is 30.8 Å². The number of aromatic nitrogens is 1. The summed E-state index contributed by atoms with van der Waals surface area (Å²) in [6.07, 6.45) is 2.63. The second kappa shape index (κ2) is 8.26. The monoisotopic (exact) mass is 345 g/mol. The molecule has 0 unspecified atom stereocenters. The van der Waals surface area contributed by atoms with E-state index < -0.39 is 6.09 Å². The second-order valence-corrected chi connectivity index (χ2v) is 6.82. The van der Waals surface area contributed by atoms with Gasteiger partial charge in [-0.1, -0.05) is 19.1 Å². The van der Waals surface area contributed by atoms with Crippen molar-refractivity contribution in [1.29, 1.82) is 0 Å². The number of carbonyl (C=O) groups is 1. The summed E-state index contributed by atoms with van der Waals surface area (Å²) in [5, 5.41) is 9.15. The van der Waals surface area contributed by atoms with E-state index in [0.29, 0.717) is 12.5 Å². The van der Waals surface area contributed by atoms with E-state index >= 15 is 0 Å². The number of hydrogen-bond acceptors (Lipinski definition) is 5. The molecule has 6 heteroatoms. The molecule has 1 aliphatic heterocycles. The third kappa shape index (κ3) is 4.33. The topological polar surface area (TPSA) is 63.2 Å². The zero-order valence-electron chi connectivity index (χ0n) is 13.9. The Kier molecular flexibility index (Phi) is 5.82. The predicted octanol–water partition coefficient (Wildman–Crippen LogP) is 3.92. The van der Waals surface area contributed by atoms with Crippen LogP contribution in [0.1, 0.15) is 25.5 Å². The first-order valence-electron chi connectivity index (χ1n) is 8.44. The molecule has 2 heterocycles. The van der Waals surface area contributed by atoms with E-state index in [1.807, 2.05) is 24.3 Å². The molecule has 24 heavy (non-hydrogen) atoms. The van der Waals surface area contributed by atoms with Crippen LogP contribution in [0.2, 0.25) is 0 Å². The lowest BCUT2D eigenvalue weighted by Crippen LogP contribution is -2.31. The molecule has 0 saturated carbocycles. The molecule has 1 amide bonds. The molecule has 1 aromatic heterocycles. The molecule has 0 radical (unpaired) electrons. The van der Waals surface area contributed by atoms with E-state index in [-0.39, 0.29) is 0 Å². The number of nitrogens with one attached hydrogen (secondary N) is 2. The maximum atomic E-state index is 12.1. The Bertz CT molecular complexity index is 680. The third-order valence-corrected chi connectivity index (χ3v) is 5.14. The summed E-state index contributed by atoms with van der Waals surface area (Å²) in [7, 11) is 0. The number of amides is 1. The van der Waals surface area contributed by atoms with Gasteiger partial charge in [-0.25, -0.2) is 9.78 Å². The van der Waals surface area contributed by atoms with Gasteiger partial charge in [0.05, 0.1) is 18.0 Å². The molecular formula is C18H23N3O2S. The molecule has 2 aromatic rings. The van der Waals surface area contributed by atoms with E-state index in [2.05, 4.69) is 27.9 Å². The Labute approximate surface area is 146 Å². The Hall–Kier alpha value is -1.92. The lowest BCUT2D eigenvalue weighted by atomic mass is 9.99. The minimum Gasteiger partial charge on any atom is -0.449 e. The van der Waals surface area contributed by atoms with E-state index in [1.165, 1.54) is 0 Å². The fourth-order valence-corrected chi connectivity index (χ4v) is 3.70. The van der Waals surface area contributed by atoms with Crippen LogP contribution in [0.3, 0.4) is 0 Å². The number of carbonyl (C=O) groups excluding carboxylic acids is 1. The molecular weight excluding hydrogens is 322 g/mol. The quantitative estimate of drug-likeness (QED) is 0.862. The largest absolute Gasteiger partial charge is 0.449 e. The number of aryl methyl sites for hydroxylation is 1. The summed E-state index contributed by atoms with van der Waals surface area (Å²) >= 11 is 1.59. The summed E-state index contributed by atoms with van der Waals surface area (Å²) in [4.78, 5) is 16.7. The molecule has 0 atom stereocenters. The number of rotatable bonds is 5. The highest BCUT2D eigenvalue weighted by atomic mass is 32.1. The number of hydrogen-bond donors (Lipinski definition) is 2. The van der Waals surface area contributed by atoms with Crippen LogP contribution in [0.4, 0.5) is 10.5 Å². The number of ether oxygens (including phenoxy) is 1. The highest BCUT2D eigenvalue weighted by Gasteiger charge is 2.16. The fourth-order valence-electron chi connectivity index (χ4n) is 2.76. The Balaban J connectivity index is 1.63. The molecule has 5 nitrogen and oxygen atoms in total. The fraction of sp³-hybridized carbons (Fsp3) is 0.444. The van der Waals surface area contributed by atoms with Crippen molar-refractivity contribution >= 4 is 23.1 Å². The lowest BCUT2D eigenvalue weighted by molar-refractivity contribution is 0.131. The van der Waals surface area contributed by atoms with Crippen LogP contribution < -0.4 is 10.6 Å². The molecule has 3 rings (SSSR count). The van der Waals surface area contributed by atoms with Crippen LogP contribution in [0.25, 0.3) is 10.6 Å². The molecule has 1 fully saturated rings. The minimum absolute atomic E-state index is 0.395. The van der Waals surface area contributed by atoms with Crippen molar-refractivity contribution in [3.63, 3.8) is 0 Å². The Morgan fingerprint density at radius 1 is 1.38 bits per heavy atom. The average molecular weight is 345 g/mol. The summed E-state index contributed by atoms with van der Waals surface area (Å²) in [6.45, 7) is 4.57. The van der Waals surface area contributed by atoms with Crippen LogP contribution in [0, 0.1) is 5.92 Å². The van der Waals surface area contributed by atoms with Gasteiger partial charge in [0.2, 0.25) is 0 Å². The Morgan fingerprint density at radius 3 is 2.92 bits per heavy atom. The highest BCUT2D eigenvalue weighted by molar-refractivity contribution is 7.13. The van der Waals surface area contributed by atoms with Gasteiger partial charge in [-0.05, 0) is 50.4 Å². The SMILES string of the molecule is CCc1csc(-c2ccccc2NC(=O)OCC2CCNCC2)n1. The first kappa shape index (κ1) is 16.9. The third-order valence-electron chi connectivity index (χ3n) is 4.22. The van der Waals surface area contributed by atoms with Crippen molar-refractivity contribution in [3.05, 3.63) is 35.3 Å². The molecule has 0 bridgehead atoms. The zero-order valence-corrected chi connectivity index (χ0v) is 14.7. The standard InChI is InChI=1S/C18H23N3O2S/c1-2-14-12-24-17(20-14)15-5-3-4-6-16(15)21-18(22)23-11-13-7-9-19-10-8-13/h3-6,12-13,19H,2,7-11H2,1H3,(H,21,22). The summed E-state index contributed by atoms with van der Waals surface area (Å²) in [5.41, 5.74) is 2.74. The van der Waals surface area contributed by atoms with Crippen molar-refractivity contribution in [2.45, 2.75) is 26.2 Å². The van der Waals surface area contributed by atoms with Crippen molar-refractivity contribution in [1.82, 2.24) is 10.3 Å². The van der Waals surface area contributed by atoms with Gasteiger partial charge in [-0.3, -0.25) is 5.32 Å². The first-order valence-corrected chi connectivity index (χ1v) is 9.32. The second-order valence-electron chi connectivity index (χ2n) is 5.96. The normalized spacial score (nSPS) is 15.2. The van der Waals surface area contributed by atoms with Crippen molar-refractivity contribution in [2.24, 2.45) is 5.92 Å². The molecule has 0 spiro atoms. The van der Waals surface area contributed by atoms with Gasteiger partial charge in [-0.2, -0.15) is 0 Å². The molecule has 1 aromatic carbocycles. The van der Waals surface area contributed by atoms with Crippen LogP contribution >= 0.6 is 11.3 Å².